The van der Waals surface area contributed by atoms with Gasteiger partial charge in [-0.05, 0) is 19.9 Å². The highest BCUT2D eigenvalue weighted by Gasteiger charge is 2.30. The topological polar surface area (TPSA) is 43.8 Å². The molecule has 0 aromatic heterocycles. The van der Waals surface area contributed by atoms with Gasteiger partial charge in [-0.3, -0.25) is 4.79 Å². The minimum Gasteiger partial charge on any atom is -0.391 e. The summed E-state index contributed by atoms with van der Waals surface area (Å²) >= 11 is 0. The van der Waals surface area contributed by atoms with Gasteiger partial charge in [0.25, 0.3) is 0 Å². The molecule has 1 amide bonds. The number of amides is 1. The Bertz CT molecular complexity index is 228. The maximum atomic E-state index is 11.3. The Labute approximate surface area is 84.5 Å². The zero-order chi connectivity index (χ0) is 10.1. The number of aliphatic hydroxyl groups is 1. The Kier molecular flexibility index (Phi) is 2.74. The molecule has 80 valence electrons. The predicted octanol–water partition coefficient (Wildman–Crippen LogP) is -0.326. The van der Waals surface area contributed by atoms with Crippen molar-refractivity contribution in [3.8, 4) is 0 Å². The summed E-state index contributed by atoms with van der Waals surface area (Å²) < 4.78 is 0. The number of β-amino-alcohol motifs (C(OH)–C–C–N with tert-alkyl or cyclic N) is 1. The van der Waals surface area contributed by atoms with Crippen LogP contribution in [0.4, 0.5) is 0 Å². The smallest absolute Gasteiger partial charge is 0.225 e. The molecular weight excluding hydrogens is 180 g/mol. The first-order chi connectivity index (χ1) is 6.66. The van der Waals surface area contributed by atoms with Gasteiger partial charge in [-0.25, -0.2) is 0 Å². The molecule has 4 heteroatoms. The maximum absolute atomic E-state index is 11.3. The molecule has 1 atom stereocenters. The zero-order valence-corrected chi connectivity index (χ0v) is 8.65. The molecule has 1 heterocycles. The first kappa shape index (κ1) is 9.93. The van der Waals surface area contributed by atoms with E-state index in [4.69, 9.17) is 0 Å². The number of aliphatic hydroxyl groups excluding tert-OH is 1. The van der Waals surface area contributed by atoms with E-state index in [1.807, 2.05) is 0 Å². The van der Waals surface area contributed by atoms with E-state index in [0.29, 0.717) is 13.0 Å². The molecule has 1 aliphatic carbocycles. The second-order valence-corrected chi connectivity index (χ2v) is 4.41. The quantitative estimate of drug-likeness (QED) is 0.673. The van der Waals surface area contributed by atoms with Gasteiger partial charge in [0, 0.05) is 25.7 Å². The van der Waals surface area contributed by atoms with Crippen molar-refractivity contribution in [3.63, 3.8) is 0 Å². The van der Waals surface area contributed by atoms with Gasteiger partial charge in [0.15, 0.2) is 0 Å². The molecule has 1 N–H and O–H groups in total. The van der Waals surface area contributed by atoms with Crippen LogP contribution in [0.1, 0.15) is 19.3 Å². The van der Waals surface area contributed by atoms with Crippen molar-refractivity contribution in [3.05, 3.63) is 0 Å². The minimum absolute atomic E-state index is 0.0988. The van der Waals surface area contributed by atoms with Crippen molar-refractivity contribution in [2.75, 3.05) is 26.7 Å². The largest absolute Gasteiger partial charge is 0.391 e. The van der Waals surface area contributed by atoms with Gasteiger partial charge < -0.3 is 14.9 Å². The van der Waals surface area contributed by atoms with E-state index in [9.17, 15) is 9.90 Å². The van der Waals surface area contributed by atoms with Gasteiger partial charge in [0.2, 0.25) is 5.91 Å². The third-order valence-electron chi connectivity index (χ3n) is 3.09. The second kappa shape index (κ2) is 3.87. The van der Waals surface area contributed by atoms with Gasteiger partial charge in [-0.2, -0.15) is 0 Å². The predicted molar refractivity (Wildman–Crippen MR) is 52.9 cm³/mol. The number of rotatable bonds is 4. The molecular formula is C10H18N2O2. The van der Waals surface area contributed by atoms with Crippen LogP contribution in [-0.4, -0.2) is 59.6 Å². The highest BCUT2D eigenvalue weighted by atomic mass is 16.3. The third kappa shape index (κ3) is 2.25. The summed E-state index contributed by atoms with van der Waals surface area (Å²) in [5.74, 6) is 0.0988. The fraction of sp³-hybridized carbons (Fsp3) is 0.900. The molecule has 1 unspecified atom stereocenters. The fourth-order valence-corrected chi connectivity index (χ4v) is 1.94. The fourth-order valence-electron chi connectivity index (χ4n) is 1.94. The number of likely N-dealkylation sites (tertiary alicyclic amines) is 1. The van der Waals surface area contributed by atoms with Gasteiger partial charge >= 0.3 is 0 Å². The Morgan fingerprint density at radius 1 is 1.57 bits per heavy atom. The van der Waals surface area contributed by atoms with E-state index in [1.165, 1.54) is 12.8 Å². The second-order valence-electron chi connectivity index (χ2n) is 4.41. The number of carbonyl (C=O) groups excluding carboxylic acids is 1. The van der Waals surface area contributed by atoms with E-state index in [1.54, 1.807) is 4.90 Å². The first-order valence-electron chi connectivity index (χ1n) is 5.33. The molecule has 14 heavy (non-hydrogen) atoms. The molecule has 1 saturated carbocycles. The number of likely N-dealkylation sites (N-methyl/N-ethyl adjacent to an activating group) is 1. The lowest BCUT2D eigenvalue weighted by atomic mass is 10.3. The minimum atomic E-state index is -0.436. The third-order valence-corrected chi connectivity index (χ3v) is 3.09. The van der Waals surface area contributed by atoms with Crippen LogP contribution in [0.2, 0.25) is 0 Å². The van der Waals surface area contributed by atoms with Crippen LogP contribution in [0.25, 0.3) is 0 Å². The van der Waals surface area contributed by atoms with Crippen LogP contribution < -0.4 is 0 Å². The summed E-state index contributed by atoms with van der Waals surface area (Å²) in [4.78, 5) is 15.4. The molecule has 2 fully saturated rings. The normalized spacial score (nSPS) is 27.8. The highest BCUT2D eigenvalue weighted by Crippen LogP contribution is 2.25. The molecule has 1 saturated heterocycles. The van der Waals surface area contributed by atoms with E-state index in [0.717, 1.165) is 19.1 Å². The summed E-state index contributed by atoms with van der Waals surface area (Å²) in [5, 5.41) is 9.28. The molecule has 0 aromatic carbocycles. The molecule has 0 aromatic rings. The van der Waals surface area contributed by atoms with Gasteiger partial charge in [0.1, 0.15) is 0 Å². The molecule has 2 aliphatic rings. The summed E-state index contributed by atoms with van der Waals surface area (Å²) in [6.45, 7) is 2.23. The van der Waals surface area contributed by atoms with E-state index < -0.39 is 6.10 Å². The van der Waals surface area contributed by atoms with Crippen LogP contribution in [0.5, 0.6) is 0 Å². The zero-order valence-electron chi connectivity index (χ0n) is 8.65. The molecule has 2 rings (SSSR count). The van der Waals surface area contributed by atoms with E-state index in [-0.39, 0.29) is 5.91 Å². The Morgan fingerprint density at radius 3 is 2.79 bits per heavy atom. The Morgan fingerprint density at radius 2 is 2.29 bits per heavy atom. The summed E-state index contributed by atoms with van der Waals surface area (Å²) in [6, 6.07) is 0.748. The number of carbonyl (C=O) groups is 1. The molecule has 0 bridgehead atoms. The SMILES string of the molecule is CN(CCN1CC(O)CC1=O)C1CC1. The lowest BCUT2D eigenvalue weighted by Crippen LogP contribution is -2.35. The van der Waals surface area contributed by atoms with E-state index >= 15 is 0 Å². The Balaban J connectivity index is 1.71. The van der Waals surface area contributed by atoms with Crippen LogP contribution in [0.3, 0.4) is 0 Å². The Hall–Kier alpha value is -0.610. The summed E-state index contributed by atoms with van der Waals surface area (Å²) in [5.41, 5.74) is 0. The highest BCUT2D eigenvalue weighted by molar-refractivity contribution is 5.78. The number of nitrogens with zero attached hydrogens (tertiary/aromatic N) is 2. The van der Waals surface area contributed by atoms with Gasteiger partial charge in [0.05, 0.1) is 12.5 Å². The van der Waals surface area contributed by atoms with Crippen molar-refractivity contribution in [2.24, 2.45) is 0 Å². The lowest BCUT2D eigenvalue weighted by molar-refractivity contribution is -0.127. The molecule has 4 nitrogen and oxygen atoms in total. The molecule has 0 spiro atoms. The van der Waals surface area contributed by atoms with Gasteiger partial charge in [-0.15, -0.1) is 0 Å². The van der Waals surface area contributed by atoms with Gasteiger partial charge in [-0.1, -0.05) is 0 Å². The standard InChI is InChI=1S/C10H18N2O2/c1-11(8-2-3-8)4-5-12-7-9(13)6-10(12)14/h8-9,13H,2-7H2,1H3. The number of hydrogen-bond acceptors (Lipinski definition) is 3. The van der Waals surface area contributed by atoms with Crippen LogP contribution in [-0.2, 0) is 4.79 Å². The van der Waals surface area contributed by atoms with Crippen LogP contribution in [0, 0.1) is 0 Å². The molecule has 0 radical (unpaired) electrons. The first-order valence-corrected chi connectivity index (χ1v) is 5.33. The van der Waals surface area contributed by atoms with Crippen LogP contribution >= 0.6 is 0 Å². The van der Waals surface area contributed by atoms with Crippen LogP contribution in [0.15, 0.2) is 0 Å². The van der Waals surface area contributed by atoms with E-state index in [2.05, 4.69) is 11.9 Å². The van der Waals surface area contributed by atoms with Crippen molar-refractivity contribution in [1.29, 1.82) is 0 Å². The molecule has 1 aliphatic heterocycles. The van der Waals surface area contributed by atoms with Crippen molar-refractivity contribution < 1.29 is 9.90 Å². The average Bonchev–Trinajstić information content (AvgIpc) is 2.90. The summed E-state index contributed by atoms with van der Waals surface area (Å²) in [7, 11) is 2.11. The van der Waals surface area contributed by atoms with Crippen molar-refractivity contribution in [1.82, 2.24) is 9.80 Å². The van der Waals surface area contributed by atoms with Crippen molar-refractivity contribution >= 4 is 5.91 Å². The lowest BCUT2D eigenvalue weighted by Gasteiger charge is -2.21. The summed E-state index contributed by atoms with van der Waals surface area (Å²) in [6.07, 6.45) is 2.47. The monoisotopic (exact) mass is 198 g/mol. The average molecular weight is 198 g/mol. The maximum Gasteiger partial charge on any atom is 0.225 e. The van der Waals surface area contributed by atoms with Crippen molar-refractivity contribution in [2.45, 2.75) is 31.4 Å². The number of hydrogen-bond donors (Lipinski definition) is 1.